The molecule has 0 unspecified atom stereocenters. The van der Waals surface area contributed by atoms with Gasteiger partial charge in [-0.1, -0.05) is 20.8 Å². The number of hydrogen-bond acceptors (Lipinski definition) is 3. The average molecular weight is 289 g/mol. The molecule has 21 heavy (non-hydrogen) atoms. The number of carbonyl (C=O) groups excluding carboxylic acids is 1. The van der Waals surface area contributed by atoms with Gasteiger partial charge in [-0.25, -0.2) is 4.98 Å². The van der Waals surface area contributed by atoms with Gasteiger partial charge < -0.3 is 10.2 Å². The van der Waals surface area contributed by atoms with Gasteiger partial charge in [0.25, 0.3) is 5.91 Å². The molecule has 0 aliphatic carbocycles. The number of rotatable bonds is 3. The second-order valence-corrected chi connectivity index (χ2v) is 6.76. The fourth-order valence-electron chi connectivity index (χ4n) is 2.59. The maximum atomic E-state index is 12.7. The van der Waals surface area contributed by atoms with E-state index in [0.29, 0.717) is 0 Å². The second kappa shape index (κ2) is 6.46. The molecule has 2 rings (SSSR count). The first-order chi connectivity index (χ1) is 9.91. The van der Waals surface area contributed by atoms with Crippen LogP contribution in [0.1, 0.15) is 63.0 Å². The molecule has 1 aliphatic heterocycles. The van der Waals surface area contributed by atoms with Gasteiger partial charge in [0.2, 0.25) is 0 Å². The summed E-state index contributed by atoms with van der Waals surface area (Å²) in [5, 5.41) is 3.24. The van der Waals surface area contributed by atoms with Crippen LogP contribution in [0.15, 0.2) is 12.1 Å². The summed E-state index contributed by atoms with van der Waals surface area (Å²) in [6.07, 6.45) is 3.46. The van der Waals surface area contributed by atoms with Crippen LogP contribution in [0.4, 0.5) is 5.82 Å². The van der Waals surface area contributed by atoms with E-state index in [1.165, 1.54) is 6.42 Å². The van der Waals surface area contributed by atoms with E-state index >= 15 is 0 Å². The van der Waals surface area contributed by atoms with Crippen LogP contribution in [0.25, 0.3) is 0 Å². The Balaban J connectivity index is 2.32. The first-order valence-corrected chi connectivity index (χ1v) is 7.97. The largest absolute Gasteiger partial charge is 0.370 e. The highest BCUT2D eigenvalue weighted by Gasteiger charge is 2.22. The zero-order valence-electron chi connectivity index (χ0n) is 13.7. The first-order valence-electron chi connectivity index (χ1n) is 7.97. The van der Waals surface area contributed by atoms with Gasteiger partial charge in [-0.15, -0.1) is 0 Å². The number of pyridine rings is 1. The van der Waals surface area contributed by atoms with Crippen LogP contribution < -0.4 is 5.32 Å². The van der Waals surface area contributed by atoms with E-state index < -0.39 is 0 Å². The van der Waals surface area contributed by atoms with Crippen molar-refractivity contribution >= 4 is 11.7 Å². The zero-order valence-corrected chi connectivity index (χ0v) is 13.7. The molecule has 2 heterocycles. The van der Waals surface area contributed by atoms with E-state index in [9.17, 15) is 4.79 Å². The topological polar surface area (TPSA) is 45.2 Å². The predicted octanol–water partition coefficient (Wildman–Crippen LogP) is 3.44. The third kappa shape index (κ3) is 3.96. The molecule has 0 radical (unpaired) electrons. The molecule has 0 saturated carbocycles. The summed E-state index contributed by atoms with van der Waals surface area (Å²) in [6.45, 7) is 11.0. The van der Waals surface area contributed by atoms with Crippen molar-refractivity contribution in [2.24, 2.45) is 0 Å². The lowest BCUT2D eigenvalue weighted by atomic mass is 9.90. The van der Waals surface area contributed by atoms with E-state index in [0.717, 1.165) is 49.6 Å². The van der Waals surface area contributed by atoms with Crippen molar-refractivity contribution in [3.63, 3.8) is 0 Å². The Bertz CT molecular complexity index is 499. The SMILES string of the molecule is CCNc1cc(C(=O)N2CCCCC2)cc(C(C)(C)C)n1. The number of aromatic nitrogens is 1. The number of amides is 1. The lowest BCUT2D eigenvalue weighted by Gasteiger charge is -2.27. The highest BCUT2D eigenvalue weighted by molar-refractivity contribution is 5.95. The van der Waals surface area contributed by atoms with Gasteiger partial charge in [0.1, 0.15) is 5.82 Å². The fourth-order valence-corrected chi connectivity index (χ4v) is 2.59. The molecular formula is C17H27N3O. The second-order valence-electron chi connectivity index (χ2n) is 6.76. The Morgan fingerprint density at radius 3 is 2.48 bits per heavy atom. The predicted molar refractivity (Wildman–Crippen MR) is 86.9 cm³/mol. The molecule has 0 aromatic carbocycles. The Labute approximate surface area is 127 Å². The Hall–Kier alpha value is -1.58. The van der Waals surface area contributed by atoms with Crippen molar-refractivity contribution in [3.05, 3.63) is 23.4 Å². The summed E-state index contributed by atoms with van der Waals surface area (Å²) >= 11 is 0. The summed E-state index contributed by atoms with van der Waals surface area (Å²) in [4.78, 5) is 19.3. The molecule has 4 nitrogen and oxygen atoms in total. The van der Waals surface area contributed by atoms with Crippen molar-refractivity contribution in [2.45, 2.75) is 52.4 Å². The number of likely N-dealkylation sites (tertiary alicyclic amines) is 1. The Morgan fingerprint density at radius 2 is 1.90 bits per heavy atom. The molecule has 0 bridgehead atoms. The highest BCUT2D eigenvalue weighted by atomic mass is 16.2. The first kappa shape index (κ1) is 15.8. The van der Waals surface area contributed by atoms with Crippen molar-refractivity contribution in [1.82, 2.24) is 9.88 Å². The standard InChI is InChI=1S/C17H27N3O/c1-5-18-15-12-13(11-14(19-15)17(2,3)4)16(21)20-9-7-6-8-10-20/h11-12H,5-10H2,1-4H3,(H,18,19). The van der Waals surface area contributed by atoms with Crippen LogP contribution in [0.3, 0.4) is 0 Å². The van der Waals surface area contributed by atoms with Crippen molar-refractivity contribution in [1.29, 1.82) is 0 Å². The monoisotopic (exact) mass is 289 g/mol. The van der Waals surface area contributed by atoms with Crippen LogP contribution >= 0.6 is 0 Å². The van der Waals surface area contributed by atoms with E-state index in [1.54, 1.807) is 0 Å². The fraction of sp³-hybridized carbons (Fsp3) is 0.647. The van der Waals surface area contributed by atoms with Gasteiger partial charge >= 0.3 is 0 Å². The highest BCUT2D eigenvalue weighted by Crippen LogP contribution is 2.24. The number of nitrogens with one attached hydrogen (secondary N) is 1. The minimum absolute atomic E-state index is 0.0671. The summed E-state index contributed by atoms with van der Waals surface area (Å²) < 4.78 is 0. The average Bonchev–Trinajstić information content (AvgIpc) is 2.46. The molecule has 1 saturated heterocycles. The maximum absolute atomic E-state index is 12.7. The molecule has 1 aromatic heterocycles. The van der Waals surface area contributed by atoms with Crippen molar-refractivity contribution in [3.8, 4) is 0 Å². The zero-order chi connectivity index (χ0) is 15.5. The van der Waals surface area contributed by atoms with Crippen molar-refractivity contribution < 1.29 is 4.79 Å². The number of hydrogen-bond donors (Lipinski definition) is 1. The van der Waals surface area contributed by atoms with E-state index in [2.05, 4.69) is 31.1 Å². The normalized spacial score (nSPS) is 15.9. The summed E-state index contributed by atoms with van der Waals surface area (Å²) in [5.74, 6) is 0.937. The van der Waals surface area contributed by atoms with Crippen molar-refractivity contribution in [2.75, 3.05) is 25.0 Å². The van der Waals surface area contributed by atoms with E-state index in [-0.39, 0.29) is 11.3 Å². The van der Waals surface area contributed by atoms with Gasteiger partial charge in [-0.2, -0.15) is 0 Å². The van der Waals surface area contributed by atoms with Crippen LogP contribution in [-0.2, 0) is 5.41 Å². The number of anilines is 1. The Kier molecular flexibility index (Phi) is 4.86. The maximum Gasteiger partial charge on any atom is 0.254 e. The van der Waals surface area contributed by atoms with Gasteiger partial charge in [0.15, 0.2) is 0 Å². The molecule has 0 spiro atoms. The Morgan fingerprint density at radius 1 is 1.24 bits per heavy atom. The number of carbonyl (C=O) groups is 1. The molecule has 116 valence electrons. The quantitative estimate of drug-likeness (QED) is 0.927. The third-order valence-corrected chi connectivity index (χ3v) is 3.84. The lowest BCUT2D eigenvalue weighted by Crippen LogP contribution is -2.35. The molecule has 1 amide bonds. The smallest absolute Gasteiger partial charge is 0.254 e. The van der Waals surface area contributed by atoms with Gasteiger partial charge in [-0.3, -0.25) is 4.79 Å². The minimum Gasteiger partial charge on any atom is -0.370 e. The number of nitrogens with zero attached hydrogens (tertiary/aromatic N) is 2. The van der Waals surface area contributed by atoms with Gasteiger partial charge in [-0.05, 0) is 38.3 Å². The molecule has 4 heteroatoms. The van der Waals surface area contributed by atoms with E-state index in [4.69, 9.17) is 0 Å². The molecular weight excluding hydrogens is 262 g/mol. The number of piperidine rings is 1. The molecule has 1 fully saturated rings. The molecule has 1 aliphatic rings. The lowest BCUT2D eigenvalue weighted by molar-refractivity contribution is 0.0724. The van der Waals surface area contributed by atoms with Crippen LogP contribution in [0.2, 0.25) is 0 Å². The van der Waals surface area contributed by atoms with Gasteiger partial charge in [0.05, 0.1) is 0 Å². The summed E-state index contributed by atoms with van der Waals surface area (Å²) in [7, 11) is 0. The summed E-state index contributed by atoms with van der Waals surface area (Å²) in [5.41, 5.74) is 1.65. The summed E-state index contributed by atoms with van der Waals surface area (Å²) in [6, 6.07) is 3.84. The van der Waals surface area contributed by atoms with Crippen LogP contribution in [0.5, 0.6) is 0 Å². The molecule has 1 aromatic rings. The third-order valence-electron chi connectivity index (χ3n) is 3.84. The van der Waals surface area contributed by atoms with Gasteiger partial charge in [0, 0.05) is 36.3 Å². The molecule has 0 atom stereocenters. The van der Waals surface area contributed by atoms with Crippen LogP contribution in [0, 0.1) is 0 Å². The van der Waals surface area contributed by atoms with Crippen LogP contribution in [-0.4, -0.2) is 35.4 Å². The minimum atomic E-state index is -0.0671. The molecule has 1 N–H and O–H groups in total. The van der Waals surface area contributed by atoms with E-state index in [1.807, 2.05) is 24.0 Å².